The van der Waals surface area contributed by atoms with Crippen molar-refractivity contribution in [3.8, 4) is 0 Å². The second kappa shape index (κ2) is 11.6. The molecule has 2 fully saturated rings. The predicted octanol–water partition coefficient (Wildman–Crippen LogP) is 3.65. The lowest BCUT2D eigenvalue weighted by Gasteiger charge is -2.21. The quantitative estimate of drug-likeness (QED) is 0.317. The number of carbonyl (C=O) groups excluding carboxylic acids is 1. The Labute approximate surface area is 210 Å². The van der Waals surface area contributed by atoms with Gasteiger partial charge in [-0.3, -0.25) is 9.79 Å². The number of nitrogens with zero attached hydrogens (tertiary/aromatic N) is 3. The highest BCUT2D eigenvalue weighted by Crippen LogP contribution is 2.24. The summed E-state index contributed by atoms with van der Waals surface area (Å²) in [4.78, 5) is 19.9. The number of benzene rings is 2. The topological polar surface area (TPSA) is 60.0 Å². The summed E-state index contributed by atoms with van der Waals surface area (Å²) in [5.74, 6) is -0.186. The molecular formula is C24H30F2IN5O. The van der Waals surface area contributed by atoms with E-state index in [4.69, 9.17) is 0 Å². The lowest BCUT2D eigenvalue weighted by Crippen LogP contribution is -2.44. The van der Waals surface area contributed by atoms with Crippen LogP contribution in [0.2, 0.25) is 0 Å². The molecule has 1 atom stereocenters. The van der Waals surface area contributed by atoms with Crippen molar-refractivity contribution in [1.29, 1.82) is 0 Å². The number of hydrogen-bond acceptors (Lipinski definition) is 3. The van der Waals surface area contributed by atoms with Gasteiger partial charge in [-0.1, -0.05) is 24.3 Å². The number of guanidine groups is 1. The van der Waals surface area contributed by atoms with Gasteiger partial charge in [-0.25, -0.2) is 8.78 Å². The largest absolute Gasteiger partial charge is 0.367 e. The molecule has 0 radical (unpaired) electrons. The van der Waals surface area contributed by atoms with E-state index >= 15 is 0 Å². The van der Waals surface area contributed by atoms with Crippen LogP contribution in [0.25, 0.3) is 0 Å². The third-order valence-electron chi connectivity index (χ3n) is 6.03. The van der Waals surface area contributed by atoms with Crippen LogP contribution in [-0.2, 0) is 17.9 Å². The molecular weight excluding hydrogens is 539 g/mol. The molecule has 2 N–H and O–H groups in total. The van der Waals surface area contributed by atoms with E-state index in [2.05, 4.69) is 39.9 Å². The molecule has 0 aromatic heterocycles. The number of nitrogens with one attached hydrogen (secondary N) is 2. The lowest BCUT2D eigenvalue weighted by molar-refractivity contribution is -0.128. The van der Waals surface area contributed by atoms with Gasteiger partial charge in [-0.05, 0) is 36.1 Å². The van der Waals surface area contributed by atoms with Crippen LogP contribution in [0.1, 0.15) is 30.4 Å². The number of halogens is 3. The lowest BCUT2D eigenvalue weighted by atomic mass is 10.1. The minimum absolute atomic E-state index is 0. The summed E-state index contributed by atoms with van der Waals surface area (Å²) in [5, 5.41) is 6.71. The molecule has 1 unspecified atom stereocenters. The average Bonchev–Trinajstić information content (AvgIpc) is 3.41. The van der Waals surface area contributed by atoms with Gasteiger partial charge in [-0.15, -0.1) is 24.0 Å². The monoisotopic (exact) mass is 569 g/mol. The third kappa shape index (κ3) is 6.55. The molecule has 178 valence electrons. The van der Waals surface area contributed by atoms with Crippen molar-refractivity contribution in [2.24, 2.45) is 4.99 Å². The molecule has 0 bridgehead atoms. The van der Waals surface area contributed by atoms with E-state index in [0.717, 1.165) is 36.6 Å². The van der Waals surface area contributed by atoms with Crippen LogP contribution in [0.15, 0.2) is 47.5 Å². The Balaban J connectivity index is 0.00000306. The summed E-state index contributed by atoms with van der Waals surface area (Å²) < 4.78 is 27.2. The number of rotatable bonds is 6. The van der Waals surface area contributed by atoms with Gasteiger partial charge in [0.15, 0.2) is 5.96 Å². The van der Waals surface area contributed by atoms with E-state index in [1.807, 2.05) is 9.80 Å². The van der Waals surface area contributed by atoms with E-state index in [9.17, 15) is 13.6 Å². The van der Waals surface area contributed by atoms with Crippen molar-refractivity contribution in [2.75, 3.05) is 31.6 Å². The fraction of sp³-hybridized carbons (Fsp3) is 0.417. The highest BCUT2D eigenvalue weighted by Gasteiger charge is 2.25. The Morgan fingerprint density at radius 1 is 1.12 bits per heavy atom. The number of likely N-dealkylation sites (tertiary alicyclic amines) is 1. The molecule has 0 spiro atoms. The molecule has 0 aliphatic carbocycles. The summed E-state index contributed by atoms with van der Waals surface area (Å²) in [6.07, 6.45) is 2.44. The van der Waals surface area contributed by atoms with Crippen molar-refractivity contribution >= 4 is 41.5 Å². The van der Waals surface area contributed by atoms with Crippen molar-refractivity contribution in [2.45, 2.75) is 38.4 Å². The molecule has 9 heteroatoms. The molecule has 0 saturated carbocycles. The zero-order valence-electron chi connectivity index (χ0n) is 18.7. The summed E-state index contributed by atoms with van der Waals surface area (Å²) in [6, 6.07) is 12.1. The van der Waals surface area contributed by atoms with Crippen molar-refractivity contribution < 1.29 is 13.6 Å². The average molecular weight is 569 g/mol. The van der Waals surface area contributed by atoms with Crippen LogP contribution in [0, 0.1) is 11.6 Å². The molecule has 33 heavy (non-hydrogen) atoms. The van der Waals surface area contributed by atoms with Gasteiger partial charge in [0, 0.05) is 58.3 Å². The Hall–Kier alpha value is -2.43. The molecule has 6 nitrogen and oxygen atoms in total. The first-order valence-corrected chi connectivity index (χ1v) is 11.0. The number of aliphatic imine (C=N–C) groups is 1. The summed E-state index contributed by atoms with van der Waals surface area (Å²) in [5.41, 5.74) is 2.67. The Morgan fingerprint density at radius 3 is 2.55 bits per heavy atom. The summed E-state index contributed by atoms with van der Waals surface area (Å²) in [7, 11) is 1.72. The van der Waals surface area contributed by atoms with E-state index in [-0.39, 0.29) is 35.9 Å². The fourth-order valence-electron chi connectivity index (χ4n) is 4.26. The van der Waals surface area contributed by atoms with Gasteiger partial charge in [0.1, 0.15) is 11.6 Å². The molecule has 2 aliphatic heterocycles. The van der Waals surface area contributed by atoms with Gasteiger partial charge in [0.2, 0.25) is 5.91 Å². The zero-order valence-corrected chi connectivity index (χ0v) is 21.0. The summed E-state index contributed by atoms with van der Waals surface area (Å²) >= 11 is 0. The maximum absolute atomic E-state index is 14.1. The highest BCUT2D eigenvalue weighted by molar-refractivity contribution is 14.0. The molecule has 1 amide bonds. The molecule has 2 saturated heterocycles. The van der Waals surface area contributed by atoms with E-state index in [0.29, 0.717) is 44.2 Å². The second-order valence-electron chi connectivity index (χ2n) is 8.33. The van der Waals surface area contributed by atoms with Gasteiger partial charge in [-0.2, -0.15) is 0 Å². The maximum Gasteiger partial charge on any atom is 0.222 e. The SMILES string of the molecule is CN=C(NCc1ccc(CN2CCCC2=O)cc1)NC1CCN(c2ccc(F)cc2F)C1.I. The normalized spacial score (nSPS) is 18.5. The fourth-order valence-corrected chi connectivity index (χ4v) is 4.26. The van der Waals surface area contributed by atoms with Crippen LogP contribution in [0.5, 0.6) is 0 Å². The zero-order chi connectivity index (χ0) is 22.5. The minimum atomic E-state index is -0.567. The maximum atomic E-state index is 14.1. The standard InChI is InChI=1S/C24H29F2N5O.HI/c1-27-24(29-20-10-12-30(16-20)22-9-8-19(25)13-21(22)26)28-14-17-4-6-18(7-5-17)15-31-11-2-3-23(31)32;/h4-9,13,20H,2-3,10-12,14-16H2,1H3,(H2,27,28,29);1H. The van der Waals surface area contributed by atoms with Gasteiger partial charge in [0.05, 0.1) is 5.69 Å². The summed E-state index contributed by atoms with van der Waals surface area (Å²) in [6.45, 7) is 3.44. The number of amides is 1. The first-order chi connectivity index (χ1) is 15.5. The van der Waals surface area contributed by atoms with Crippen molar-refractivity contribution in [3.63, 3.8) is 0 Å². The number of hydrogen-bond donors (Lipinski definition) is 2. The van der Waals surface area contributed by atoms with Gasteiger partial charge >= 0.3 is 0 Å². The first-order valence-electron chi connectivity index (χ1n) is 11.0. The molecule has 2 aromatic rings. The number of anilines is 1. The van der Waals surface area contributed by atoms with Crippen LogP contribution < -0.4 is 15.5 Å². The molecule has 2 aliphatic rings. The van der Waals surface area contributed by atoms with Crippen LogP contribution >= 0.6 is 24.0 Å². The van der Waals surface area contributed by atoms with Crippen molar-refractivity contribution in [3.05, 3.63) is 65.2 Å². The molecule has 2 heterocycles. The highest BCUT2D eigenvalue weighted by atomic mass is 127. The predicted molar refractivity (Wildman–Crippen MR) is 137 cm³/mol. The third-order valence-corrected chi connectivity index (χ3v) is 6.03. The Kier molecular flexibility index (Phi) is 8.87. The van der Waals surface area contributed by atoms with Crippen LogP contribution in [0.3, 0.4) is 0 Å². The van der Waals surface area contributed by atoms with Crippen LogP contribution in [0.4, 0.5) is 14.5 Å². The smallest absolute Gasteiger partial charge is 0.222 e. The number of carbonyl (C=O) groups is 1. The molecule has 4 rings (SSSR count). The minimum Gasteiger partial charge on any atom is -0.367 e. The van der Waals surface area contributed by atoms with E-state index in [1.165, 1.54) is 12.1 Å². The van der Waals surface area contributed by atoms with Gasteiger partial charge in [0.25, 0.3) is 0 Å². The van der Waals surface area contributed by atoms with E-state index < -0.39 is 11.6 Å². The molecule has 2 aromatic carbocycles. The second-order valence-corrected chi connectivity index (χ2v) is 8.33. The van der Waals surface area contributed by atoms with Crippen LogP contribution in [-0.4, -0.2) is 49.5 Å². The van der Waals surface area contributed by atoms with E-state index in [1.54, 1.807) is 7.05 Å². The Bertz CT molecular complexity index is 985. The van der Waals surface area contributed by atoms with Crippen molar-refractivity contribution in [1.82, 2.24) is 15.5 Å². The first kappa shape index (κ1) is 25.2. The van der Waals surface area contributed by atoms with Gasteiger partial charge < -0.3 is 20.4 Å². The Morgan fingerprint density at radius 2 is 1.88 bits per heavy atom.